The molecule has 5 heteroatoms. The highest BCUT2D eigenvalue weighted by Crippen LogP contribution is 2.26. The number of hydrogen-bond donors (Lipinski definition) is 0. The first-order valence-corrected chi connectivity index (χ1v) is 6.61. The van der Waals surface area contributed by atoms with E-state index in [0.717, 1.165) is 11.3 Å². The molecular weight excluding hydrogens is 259 g/mol. The average molecular weight is 271 g/mol. The van der Waals surface area contributed by atoms with Gasteiger partial charge in [0, 0.05) is 18.3 Å². The van der Waals surface area contributed by atoms with Crippen LogP contribution < -0.4 is 4.90 Å². The number of halogens is 2. The highest BCUT2D eigenvalue weighted by atomic mass is 35.5. The average Bonchev–Trinajstić information content (AvgIpc) is 2.81. The van der Waals surface area contributed by atoms with Crippen LogP contribution in [0, 0.1) is 5.82 Å². The molecule has 1 aromatic heterocycles. The number of para-hydroxylation sites is 1. The normalized spacial score (nSPS) is 10.5. The molecule has 0 saturated carbocycles. The van der Waals surface area contributed by atoms with Crippen molar-refractivity contribution in [2.45, 2.75) is 12.4 Å². The first-order chi connectivity index (χ1) is 8.22. The fourth-order valence-electron chi connectivity index (χ4n) is 1.73. The molecule has 90 valence electrons. The predicted octanol–water partition coefficient (Wildman–Crippen LogP) is 3.66. The lowest BCUT2D eigenvalue weighted by Crippen LogP contribution is -2.19. The molecule has 2 rings (SSSR count). The Morgan fingerprint density at radius 2 is 2.29 bits per heavy atom. The molecule has 0 spiro atoms. The number of thiazole rings is 1. The van der Waals surface area contributed by atoms with E-state index in [4.69, 9.17) is 11.6 Å². The summed E-state index contributed by atoms with van der Waals surface area (Å²) in [5.41, 5.74) is 4.05. The monoisotopic (exact) mass is 270 g/mol. The van der Waals surface area contributed by atoms with Crippen molar-refractivity contribution in [1.29, 1.82) is 0 Å². The highest BCUT2D eigenvalue weighted by molar-refractivity contribution is 7.07. The fraction of sp³-hybridized carbons (Fsp3) is 0.250. The number of anilines is 1. The van der Waals surface area contributed by atoms with Crippen molar-refractivity contribution < 1.29 is 4.39 Å². The third-order valence-corrected chi connectivity index (χ3v) is 3.40. The Hall–Kier alpha value is -1.13. The Kier molecular flexibility index (Phi) is 3.97. The Bertz CT molecular complexity index is 487. The molecule has 1 aromatic carbocycles. The van der Waals surface area contributed by atoms with Crippen LogP contribution >= 0.6 is 22.9 Å². The molecule has 0 N–H and O–H groups in total. The van der Waals surface area contributed by atoms with Gasteiger partial charge in [0.15, 0.2) is 0 Å². The number of benzene rings is 1. The summed E-state index contributed by atoms with van der Waals surface area (Å²) in [5.74, 6) is 0.0509. The molecule has 0 radical (unpaired) electrons. The molecule has 1 heterocycles. The van der Waals surface area contributed by atoms with Gasteiger partial charge in [0.25, 0.3) is 0 Å². The summed E-state index contributed by atoms with van der Waals surface area (Å²) in [6.07, 6.45) is 0. The van der Waals surface area contributed by atoms with Gasteiger partial charge in [0.1, 0.15) is 5.82 Å². The van der Waals surface area contributed by atoms with Gasteiger partial charge in [-0.15, -0.1) is 22.9 Å². The lowest BCUT2D eigenvalue weighted by Gasteiger charge is -2.21. The third kappa shape index (κ3) is 2.76. The number of aromatic nitrogens is 1. The minimum atomic E-state index is -0.249. The van der Waals surface area contributed by atoms with Gasteiger partial charge in [-0.05, 0) is 11.6 Å². The number of alkyl halides is 1. The van der Waals surface area contributed by atoms with Crippen LogP contribution in [0.3, 0.4) is 0 Å². The summed E-state index contributed by atoms with van der Waals surface area (Å²) in [5, 5.41) is 1.96. The molecule has 2 nitrogen and oxygen atoms in total. The molecule has 0 saturated heterocycles. The predicted molar refractivity (Wildman–Crippen MR) is 70.2 cm³/mol. The largest absolute Gasteiger partial charge is 0.366 e. The quantitative estimate of drug-likeness (QED) is 0.789. The van der Waals surface area contributed by atoms with E-state index < -0.39 is 0 Å². The second-order valence-electron chi connectivity index (χ2n) is 3.72. The maximum absolute atomic E-state index is 13.8. The van der Waals surface area contributed by atoms with Crippen molar-refractivity contribution in [2.75, 3.05) is 11.9 Å². The number of nitrogens with zero attached hydrogens (tertiary/aromatic N) is 2. The second kappa shape index (κ2) is 5.47. The minimum absolute atomic E-state index is 0.249. The van der Waals surface area contributed by atoms with E-state index in [1.54, 1.807) is 11.6 Å². The van der Waals surface area contributed by atoms with Crippen LogP contribution in [0.4, 0.5) is 10.1 Å². The molecule has 0 unspecified atom stereocenters. The Labute approximate surface area is 109 Å². The molecule has 0 bridgehead atoms. The summed E-state index contributed by atoms with van der Waals surface area (Å²) in [7, 11) is 1.84. The van der Waals surface area contributed by atoms with Crippen LogP contribution in [0.15, 0.2) is 29.1 Å². The van der Waals surface area contributed by atoms with Crippen molar-refractivity contribution in [3.05, 3.63) is 46.2 Å². The van der Waals surface area contributed by atoms with Crippen LogP contribution in [0.1, 0.15) is 11.3 Å². The molecule has 0 fully saturated rings. The summed E-state index contributed by atoms with van der Waals surface area (Å²) >= 11 is 7.36. The van der Waals surface area contributed by atoms with Gasteiger partial charge in [-0.3, -0.25) is 0 Å². The summed E-state index contributed by atoms with van der Waals surface area (Å²) in [6.45, 7) is 0.578. The minimum Gasteiger partial charge on any atom is -0.366 e. The van der Waals surface area contributed by atoms with Crippen LogP contribution in [0.5, 0.6) is 0 Å². The van der Waals surface area contributed by atoms with Crippen LogP contribution in [-0.2, 0) is 12.4 Å². The van der Waals surface area contributed by atoms with E-state index in [1.165, 1.54) is 17.4 Å². The van der Waals surface area contributed by atoms with Gasteiger partial charge in [0.05, 0.1) is 23.4 Å². The Morgan fingerprint density at radius 1 is 1.47 bits per heavy atom. The molecule has 0 aliphatic carbocycles. The number of rotatable bonds is 4. The van der Waals surface area contributed by atoms with E-state index in [1.807, 2.05) is 23.4 Å². The first kappa shape index (κ1) is 12.3. The van der Waals surface area contributed by atoms with E-state index in [2.05, 4.69) is 4.98 Å². The van der Waals surface area contributed by atoms with Gasteiger partial charge in [0.2, 0.25) is 0 Å². The van der Waals surface area contributed by atoms with Crippen molar-refractivity contribution >= 4 is 28.6 Å². The smallest absolute Gasteiger partial charge is 0.146 e. The topological polar surface area (TPSA) is 16.1 Å². The molecular formula is C12H12ClFN2S. The second-order valence-corrected chi connectivity index (χ2v) is 4.70. The van der Waals surface area contributed by atoms with Crippen molar-refractivity contribution in [2.24, 2.45) is 0 Å². The summed E-state index contributed by atoms with van der Waals surface area (Å²) in [6, 6.07) is 4.96. The molecule has 0 atom stereocenters. The third-order valence-electron chi connectivity index (χ3n) is 2.48. The van der Waals surface area contributed by atoms with Crippen LogP contribution in [0.25, 0.3) is 0 Å². The zero-order valence-electron chi connectivity index (χ0n) is 9.36. The van der Waals surface area contributed by atoms with Gasteiger partial charge in [-0.1, -0.05) is 12.1 Å². The maximum atomic E-state index is 13.8. The van der Waals surface area contributed by atoms with E-state index in [-0.39, 0.29) is 5.82 Å². The zero-order chi connectivity index (χ0) is 12.3. The van der Waals surface area contributed by atoms with Crippen molar-refractivity contribution in [1.82, 2.24) is 4.98 Å². The number of hydrogen-bond acceptors (Lipinski definition) is 3. The van der Waals surface area contributed by atoms with Crippen LogP contribution in [0.2, 0.25) is 0 Å². The Morgan fingerprint density at radius 3 is 2.94 bits per heavy atom. The Balaban J connectivity index is 2.26. The molecule has 0 aliphatic rings. The first-order valence-electron chi connectivity index (χ1n) is 5.14. The van der Waals surface area contributed by atoms with Gasteiger partial charge in [-0.25, -0.2) is 9.37 Å². The maximum Gasteiger partial charge on any atom is 0.146 e. The van der Waals surface area contributed by atoms with E-state index >= 15 is 0 Å². The lowest BCUT2D eigenvalue weighted by molar-refractivity contribution is 0.620. The fourth-order valence-corrected chi connectivity index (χ4v) is 2.50. The summed E-state index contributed by atoms with van der Waals surface area (Å²) < 4.78 is 13.8. The van der Waals surface area contributed by atoms with E-state index in [0.29, 0.717) is 18.1 Å². The lowest BCUT2D eigenvalue weighted by atomic mass is 10.1. The standard InChI is InChI=1S/C12H12ClFN2S/c1-16(6-10-7-17-8-15-10)12-9(5-13)3-2-4-11(12)14/h2-4,7-8H,5-6H2,1H3. The van der Waals surface area contributed by atoms with E-state index in [9.17, 15) is 4.39 Å². The van der Waals surface area contributed by atoms with Gasteiger partial charge < -0.3 is 4.90 Å². The van der Waals surface area contributed by atoms with Crippen molar-refractivity contribution in [3.8, 4) is 0 Å². The zero-order valence-corrected chi connectivity index (χ0v) is 10.9. The van der Waals surface area contributed by atoms with Crippen LogP contribution in [-0.4, -0.2) is 12.0 Å². The van der Waals surface area contributed by atoms with Crippen molar-refractivity contribution in [3.63, 3.8) is 0 Å². The SMILES string of the molecule is CN(Cc1cscn1)c1c(F)cccc1CCl. The molecule has 17 heavy (non-hydrogen) atoms. The van der Waals surface area contributed by atoms with Gasteiger partial charge in [-0.2, -0.15) is 0 Å². The molecule has 0 amide bonds. The highest BCUT2D eigenvalue weighted by Gasteiger charge is 2.13. The molecule has 2 aromatic rings. The molecule has 0 aliphatic heterocycles. The summed E-state index contributed by atoms with van der Waals surface area (Å²) in [4.78, 5) is 6.02. The van der Waals surface area contributed by atoms with Gasteiger partial charge >= 0.3 is 0 Å².